The molecule has 1 N–H and O–H groups in total. The third kappa shape index (κ3) is 6.18. The molecule has 0 radical (unpaired) electrons. The Morgan fingerprint density at radius 2 is 1.78 bits per heavy atom. The lowest BCUT2D eigenvalue weighted by molar-refractivity contribution is 0.234. The summed E-state index contributed by atoms with van der Waals surface area (Å²) in [6.45, 7) is 8.88. The van der Waals surface area contributed by atoms with Gasteiger partial charge < -0.3 is 5.32 Å². The van der Waals surface area contributed by atoms with Gasteiger partial charge in [0.15, 0.2) is 0 Å². The van der Waals surface area contributed by atoms with Crippen LogP contribution in [-0.2, 0) is 6.54 Å². The Hall–Kier alpha value is -0.860. The molecule has 0 aliphatic heterocycles. The van der Waals surface area contributed by atoms with Crippen LogP contribution in [0.3, 0.4) is 0 Å². The molecule has 18 heavy (non-hydrogen) atoms. The van der Waals surface area contributed by atoms with Gasteiger partial charge in [-0.25, -0.2) is 0 Å². The highest BCUT2D eigenvalue weighted by molar-refractivity contribution is 5.14. The minimum absolute atomic E-state index is 0.599. The van der Waals surface area contributed by atoms with E-state index < -0.39 is 0 Å². The van der Waals surface area contributed by atoms with Gasteiger partial charge >= 0.3 is 0 Å². The molecule has 0 amide bonds. The van der Waals surface area contributed by atoms with Gasteiger partial charge in [0.25, 0.3) is 0 Å². The molecular formula is C16H28N2. The maximum absolute atomic E-state index is 3.47. The molecule has 0 spiro atoms. The summed E-state index contributed by atoms with van der Waals surface area (Å²) in [6, 6.07) is 11.9. The first-order valence-electron chi connectivity index (χ1n) is 7.07. The smallest absolute Gasteiger partial charge is 0.0233 e. The molecule has 0 bridgehead atoms. The zero-order valence-corrected chi connectivity index (χ0v) is 12.3. The Morgan fingerprint density at radius 1 is 1.11 bits per heavy atom. The van der Waals surface area contributed by atoms with Crippen molar-refractivity contribution in [2.24, 2.45) is 0 Å². The van der Waals surface area contributed by atoms with E-state index in [4.69, 9.17) is 0 Å². The lowest BCUT2D eigenvalue weighted by Gasteiger charge is -2.25. The number of hydrogen-bond acceptors (Lipinski definition) is 2. The molecule has 0 aromatic heterocycles. The van der Waals surface area contributed by atoms with Crippen molar-refractivity contribution in [2.45, 2.75) is 52.2 Å². The Morgan fingerprint density at radius 3 is 2.39 bits per heavy atom. The average Bonchev–Trinajstić information content (AvgIpc) is 2.35. The molecular weight excluding hydrogens is 220 g/mol. The van der Waals surface area contributed by atoms with Gasteiger partial charge in [0.05, 0.1) is 0 Å². The van der Waals surface area contributed by atoms with Crippen LogP contribution in [0.15, 0.2) is 30.3 Å². The van der Waals surface area contributed by atoms with Crippen LogP contribution < -0.4 is 5.32 Å². The summed E-state index contributed by atoms with van der Waals surface area (Å²) < 4.78 is 0. The first kappa shape index (κ1) is 15.2. The summed E-state index contributed by atoms with van der Waals surface area (Å²) in [7, 11) is 2.22. The Kier molecular flexibility index (Phi) is 6.99. The lowest BCUT2D eigenvalue weighted by atomic mass is 10.1. The van der Waals surface area contributed by atoms with Gasteiger partial charge in [-0.2, -0.15) is 0 Å². The van der Waals surface area contributed by atoms with Gasteiger partial charge in [-0.15, -0.1) is 0 Å². The second kappa shape index (κ2) is 8.28. The second-order valence-corrected chi connectivity index (χ2v) is 5.50. The molecule has 0 aliphatic rings. The van der Waals surface area contributed by atoms with Crippen LogP contribution >= 0.6 is 0 Å². The highest BCUT2D eigenvalue weighted by Gasteiger charge is 2.09. The molecule has 1 aromatic rings. The van der Waals surface area contributed by atoms with Crippen molar-refractivity contribution in [3.05, 3.63) is 35.9 Å². The fourth-order valence-electron chi connectivity index (χ4n) is 2.04. The topological polar surface area (TPSA) is 15.3 Å². The standard InChI is InChI=1S/C16H28N2/c1-14(2)17-12-8-9-15(3)18(4)13-16-10-6-5-7-11-16/h5-7,10-11,14-15,17H,8-9,12-13H2,1-4H3. The molecule has 1 aromatic carbocycles. The van der Waals surface area contributed by atoms with Crippen molar-refractivity contribution < 1.29 is 0 Å². The minimum atomic E-state index is 0.599. The number of benzene rings is 1. The van der Waals surface area contributed by atoms with Gasteiger partial charge in [-0.05, 0) is 38.9 Å². The summed E-state index contributed by atoms with van der Waals surface area (Å²) in [5.41, 5.74) is 1.40. The van der Waals surface area contributed by atoms with Gasteiger partial charge in [0, 0.05) is 18.6 Å². The normalized spacial score (nSPS) is 13.2. The van der Waals surface area contributed by atoms with Crippen LogP contribution in [0, 0.1) is 0 Å². The Bertz CT molecular complexity index is 308. The van der Waals surface area contributed by atoms with Crippen LogP contribution in [0.1, 0.15) is 39.2 Å². The highest BCUT2D eigenvalue weighted by atomic mass is 15.1. The zero-order chi connectivity index (χ0) is 13.4. The molecule has 1 unspecified atom stereocenters. The van der Waals surface area contributed by atoms with E-state index in [9.17, 15) is 0 Å². The van der Waals surface area contributed by atoms with Gasteiger partial charge in [-0.3, -0.25) is 4.90 Å². The van der Waals surface area contributed by atoms with E-state index in [0.717, 1.165) is 13.1 Å². The molecule has 102 valence electrons. The van der Waals surface area contributed by atoms with Crippen molar-refractivity contribution in [3.8, 4) is 0 Å². The van der Waals surface area contributed by atoms with Crippen LogP contribution in [-0.4, -0.2) is 30.6 Å². The molecule has 0 saturated carbocycles. The molecule has 2 heteroatoms. The van der Waals surface area contributed by atoms with E-state index >= 15 is 0 Å². The fraction of sp³-hybridized carbons (Fsp3) is 0.625. The van der Waals surface area contributed by atoms with E-state index in [-0.39, 0.29) is 0 Å². The number of rotatable bonds is 8. The largest absolute Gasteiger partial charge is 0.315 e. The maximum Gasteiger partial charge on any atom is 0.0233 e. The monoisotopic (exact) mass is 248 g/mol. The van der Waals surface area contributed by atoms with Crippen molar-refractivity contribution in [2.75, 3.05) is 13.6 Å². The second-order valence-electron chi connectivity index (χ2n) is 5.50. The first-order valence-corrected chi connectivity index (χ1v) is 7.07. The summed E-state index contributed by atoms with van der Waals surface area (Å²) in [5, 5.41) is 3.47. The van der Waals surface area contributed by atoms with Gasteiger partial charge in [0.2, 0.25) is 0 Å². The summed E-state index contributed by atoms with van der Waals surface area (Å²) in [4.78, 5) is 2.44. The molecule has 0 aliphatic carbocycles. The van der Waals surface area contributed by atoms with Crippen LogP contribution in [0.4, 0.5) is 0 Å². The minimum Gasteiger partial charge on any atom is -0.315 e. The van der Waals surface area contributed by atoms with Crippen LogP contribution in [0.2, 0.25) is 0 Å². The Labute approximate surface area is 112 Å². The average molecular weight is 248 g/mol. The summed E-state index contributed by atoms with van der Waals surface area (Å²) >= 11 is 0. The highest BCUT2D eigenvalue weighted by Crippen LogP contribution is 2.09. The predicted octanol–water partition coefficient (Wildman–Crippen LogP) is 3.29. The lowest BCUT2D eigenvalue weighted by Crippen LogP contribution is -2.30. The van der Waals surface area contributed by atoms with Crippen molar-refractivity contribution in [1.29, 1.82) is 0 Å². The van der Waals surface area contributed by atoms with Crippen LogP contribution in [0.5, 0.6) is 0 Å². The van der Waals surface area contributed by atoms with Crippen molar-refractivity contribution >= 4 is 0 Å². The Balaban J connectivity index is 2.22. The van der Waals surface area contributed by atoms with Gasteiger partial charge in [-0.1, -0.05) is 44.2 Å². The predicted molar refractivity (Wildman–Crippen MR) is 79.7 cm³/mol. The molecule has 0 saturated heterocycles. The SMILES string of the molecule is CC(C)NCCCC(C)N(C)Cc1ccccc1. The zero-order valence-electron chi connectivity index (χ0n) is 12.3. The molecule has 1 rings (SSSR count). The molecule has 1 atom stereocenters. The summed E-state index contributed by atoms with van der Waals surface area (Å²) in [6.07, 6.45) is 2.50. The molecule has 0 heterocycles. The maximum atomic E-state index is 3.47. The van der Waals surface area contributed by atoms with Crippen molar-refractivity contribution in [1.82, 2.24) is 10.2 Å². The van der Waals surface area contributed by atoms with Crippen molar-refractivity contribution in [3.63, 3.8) is 0 Å². The quantitative estimate of drug-likeness (QED) is 0.710. The molecule has 0 fully saturated rings. The number of hydrogen-bond donors (Lipinski definition) is 1. The number of nitrogens with one attached hydrogen (secondary N) is 1. The molecule has 2 nitrogen and oxygen atoms in total. The van der Waals surface area contributed by atoms with Crippen LogP contribution in [0.25, 0.3) is 0 Å². The van der Waals surface area contributed by atoms with E-state index in [1.165, 1.54) is 18.4 Å². The van der Waals surface area contributed by atoms with Gasteiger partial charge in [0.1, 0.15) is 0 Å². The van der Waals surface area contributed by atoms with E-state index in [1.54, 1.807) is 0 Å². The van der Waals surface area contributed by atoms with E-state index in [0.29, 0.717) is 12.1 Å². The number of nitrogens with zero attached hydrogens (tertiary/aromatic N) is 1. The fourth-order valence-corrected chi connectivity index (χ4v) is 2.04. The van der Waals surface area contributed by atoms with E-state index in [1.807, 2.05) is 0 Å². The third-order valence-corrected chi connectivity index (χ3v) is 3.38. The third-order valence-electron chi connectivity index (χ3n) is 3.38. The first-order chi connectivity index (χ1) is 8.59. The van der Waals surface area contributed by atoms with E-state index in [2.05, 4.69) is 68.4 Å². The summed E-state index contributed by atoms with van der Waals surface area (Å²) in [5.74, 6) is 0.